The van der Waals surface area contributed by atoms with E-state index < -0.39 is 5.97 Å². The molecule has 0 radical (unpaired) electrons. The van der Waals surface area contributed by atoms with Crippen LogP contribution in [0, 0.1) is 6.92 Å². The fourth-order valence-corrected chi connectivity index (χ4v) is 1.47. The van der Waals surface area contributed by atoms with Crippen molar-refractivity contribution in [1.82, 2.24) is 20.4 Å². The van der Waals surface area contributed by atoms with Crippen molar-refractivity contribution in [3.8, 4) is 0 Å². The van der Waals surface area contributed by atoms with E-state index in [9.17, 15) is 4.79 Å². The summed E-state index contributed by atoms with van der Waals surface area (Å²) in [7, 11) is 0. The standard InChI is InChI=1S/C11H12N4O3/c1-7-14-10(18-15-7)6-12-5-9-8(11(16)17)3-2-4-13-9/h2-4,12H,5-6H2,1H3,(H,16,17). The predicted octanol–water partition coefficient (Wildman–Crippen LogP) is 0.761. The summed E-state index contributed by atoms with van der Waals surface area (Å²) in [5.41, 5.74) is 0.660. The normalized spacial score (nSPS) is 10.5. The Hall–Kier alpha value is -2.28. The summed E-state index contributed by atoms with van der Waals surface area (Å²) in [4.78, 5) is 19.0. The van der Waals surface area contributed by atoms with E-state index in [2.05, 4.69) is 20.4 Å². The molecule has 0 bridgehead atoms. The molecule has 7 heteroatoms. The molecule has 2 heterocycles. The molecule has 7 nitrogen and oxygen atoms in total. The van der Waals surface area contributed by atoms with Gasteiger partial charge >= 0.3 is 5.97 Å². The third-order valence-electron chi connectivity index (χ3n) is 2.26. The van der Waals surface area contributed by atoms with Crippen molar-refractivity contribution < 1.29 is 14.4 Å². The molecule has 18 heavy (non-hydrogen) atoms. The molecule has 0 aliphatic heterocycles. The molecule has 2 N–H and O–H groups in total. The molecular weight excluding hydrogens is 236 g/mol. The van der Waals surface area contributed by atoms with Crippen molar-refractivity contribution in [2.75, 3.05) is 0 Å². The zero-order valence-electron chi connectivity index (χ0n) is 9.75. The fraction of sp³-hybridized carbons (Fsp3) is 0.273. The SMILES string of the molecule is Cc1noc(CNCc2ncccc2C(=O)O)n1. The van der Waals surface area contributed by atoms with Gasteiger partial charge in [0.15, 0.2) is 5.82 Å². The van der Waals surface area contributed by atoms with E-state index in [0.717, 1.165) is 0 Å². The molecule has 0 aliphatic rings. The van der Waals surface area contributed by atoms with Gasteiger partial charge in [0.2, 0.25) is 5.89 Å². The van der Waals surface area contributed by atoms with Crippen LogP contribution in [-0.2, 0) is 13.1 Å². The first-order valence-corrected chi connectivity index (χ1v) is 5.34. The molecule has 0 saturated heterocycles. The van der Waals surface area contributed by atoms with Gasteiger partial charge in [0.25, 0.3) is 0 Å². The van der Waals surface area contributed by atoms with E-state index in [0.29, 0.717) is 30.5 Å². The Kier molecular flexibility index (Phi) is 3.63. The highest BCUT2D eigenvalue weighted by Crippen LogP contribution is 2.05. The van der Waals surface area contributed by atoms with Crippen molar-refractivity contribution in [1.29, 1.82) is 0 Å². The number of aryl methyl sites for hydroxylation is 1. The molecule has 2 aromatic rings. The number of hydrogen-bond acceptors (Lipinski definition) is 6. The van der Waals surface area contributed by atoms with Crippen molar-refractivity contribution in [3.63, 3.8) is 0 Å². The van der Waals surface area contributed by atoms with Gasteiger partial charge in [-0.15, -0.1) is 0 Å². The molecule has 0 aliphatic carbocycles. The third kappa shape index (κ3) is 2.89. The lowest BCUT2D eigenvalue weighted by Crippen LogP contribution is -2.16. The van der Waals surface area contributed by atoms with Crippen molar-refractivity contribution in [2.24, 2.45) is 0 Å². The summed E-state index contributed by atoms with van der Waals surface area (Å²) in [6.45, 7) is 2.43. The number of carboxylic acid groups (broad SMARTS) is 1. The molecule has 2 aromatic heterocycles. The van der Waals surface area contributed by atoms with E-state index in [-0.39, 0.29) is 5.56 Å². The Morgan fingerprint density at radius 2 is 2.33 bits per heavy atom. The van der Waals surface area contributed by atoms with E-state index in [1.165, 1.54) is 6.07 Å². The first kappa shape index (κ1) is 12.2. The van der Waals surface area contributed by atoms with Crippen LogP contribution in [-0.4, -0.2) is 26.2 Å². The largest absolute Gasteiger partial charge is 0.478 e. The highest BCUT2D eigenvalue weighted by Gasteiger charge is 2.10. The number of aromatic nitrogens is 3. The smallest absolute Gasteiger partial charge is 0.337 e. The maximum atomic E-state index is 10.9. The lowest BCUT2D eigenvalue weighted by atomic mass is 10.2. The summed E-state index contributed by atoms with van der Waals surface area (Å²) in [5.74, 6) is 0.0321. The van der Waals surface area contributed by atoms with Gasteiger partial charge in [-0.3, -0.25) is 4.98 Å². The zero-order valence-corrected chi connectivity index (χ0v) is 9.75. The van der Waals surface area contributed by atoms with Gasteiger partial charge < -0.3 is 14.9 Å². The molecule has 0 fully saturated rings. The van der Waals surface area contributed by atoms with Gasteiger partial charge in [-0.05, 0) is 19.1 Å². The van der Waals surface area contributed by atoms with Gasteiger partial charge in [-0.2, -0.15) is 4.98 Å². The molecular formula is C11H12N4O3. The van der Waals surface area contributed by atoms with Crippen LogP contribution in [0.2, 0.25) is 0 Å². The number of pyridine rings is 1. The minimum absolute atomic E-state index is 0.187. The topological polar surface area (TPSA) is 101 Å². The van der Waals surface area contributed by atoms with Crippen molar-refractivity contribution in [2.45, 2.75) is 20.0 Å². The van der Waals surface area contributed by atoms with Crippen LogP contribution in [0.15, 0.2) is 22.9 Å². The molecule has 94 valence electrons. The Balaban J connectivity index is 1.96. The molecule has 0 unspecified atom stereocenters. The highest BCUT2D eigenvalue weighted by atomic mass is 16.5. The number of aromatic carboxylic acids is 1. The minimum Gasteiger partial charge on any atom is -0.478 e. The quantitative estimate of drug-likeness (QED) is 0.805. The second kappa shape index (κ2) is 5.37. The Morgan fingerprint density at radius 3 is 3.00 bits per heavy atom. The third-order valence-corrected chi connectivity index (χ3v) is 2.26. The van der Waals surface area contributed by atoms with Crippen LogP contribution < -0.4 is 5.32 Å². The van der Waals surface area contributed by atoms with E-state index in [1.807, 2.05) is 0 Å². The molecule has 0 atom stereocenters. The summed E-state index contributed by atoms with van der Waals surface area (Å²) in [6, 6.07) is 3.11. The Labute approximate surface area is 103 Å². The van der Waals surface area contributed by atoms with Crippen LogP contribution >= 0.6 is 0 Å². The van der Waals surface area contributed by atoms with Gasteiger partial charge in [-0.1, -0.05) is 5.16 Å². The summed E-state index contributed by atoms with van der Waals surface area (Å²) >= 11 is 0. The number of carbonyl (C=O) groups is 1. The zero-order chi connectivity index (χ0) is 13.0. The molecule has 0 spiro atoms. The maximum Gasteiger partial charge on any atom is 0.337 e. The number of nitrogens with zero attached hydrogens (tertiary/aromatic N) is 3. The number of nitrogens with one attached hydrogen (secondary N) is 1. The van der Waals surface area contributed by atoms with Crippen LogP contribution in [0.25, 0.3) is 0 Å². The van der Waals surface area contributed by atoms with E-state index in [1.54, 1.807) is 19.2 Å². The summed E-state index contributed by atoms with van der Waals surface area (Å²) < 4.78 is 4.92. The fourth-order valence-electron chi connectivity index (χ4n) is 1.47. The van der Waals surface area contributed by atoms with Crippen LogP contribution in [0.1, 0.15) is 27.8 Å². The number of carboxylic acids is 1. The molecule has 0 aromatic carbocycles. The number of rotatable bonds is 5. The molecule has 0 saturated carbocycles. The van der Waals surface area contributed by atoms with Gasteiger partial charge in [0.05, 0.1) is 17.8 Å². The van der Waals surface area contributed by atoms with Gasteiger partial charge in [0.1, 0.15) is 0 Å². The monoisotopic (exact) mass is 248 g/mol. The lowest BCUT2D eigenvalue weighted by molar-refractivity contribution is 0.0695. The van der Waals surface area contributed by atoms with Crippen LogP contribution in [0.4, 0.5) is 0 Å². The second-order valence-electron chi connectivity index (χ2n) is 3.64. The molecule has 2 rings (SSSR count). The Bertz CT molecular complexity index is 553. The van der Waals surface area contributed by atoms with Crippen molar-refractivity contribution in [3.05, 3.63) is 41.3 Å². The first-order chi connectivity index (χ1) is 8.66. The number of hydrogen-bond donors (Lipinski definition) is 2. The highest BCUT2D eigenvalue weighted by molar-refractivity contribution is 5.88. The Morgan fingerprint density at radius 1 is 1.50 bits per heavy atom. The van der Waals surface area contributed by atoms with Crippen LogP contribution in [0.3, 0.4) is 0 Å². The van der Waals surface area contributed by atoms with E-state index in [4.69, 9.17) is 9.63 Å². The minimum atomic E-state index is -0.992. The van der Waals surface area contributed by atoms with Crippen LogP contribution in [0.5, 0.6) is 0 Å². The first-order valence-electron chi connectivity index (χ1n) is 5.34. The summed E-state index contributed by atoms with van der Waals surface area (Å²) in [5, 5.41) is 15.6. The molecule has 0 amide bonds. The average molecular weight is 248 g/mol. The van der Waals surface area contributed by atoms with Gasteiger partial charge in [-0.25, -0.2) is 4.79 Å². The maximum absolute atomic E-state index is 10.9. The van der Waals surface area contributed by atoms with Crippen molar-refractivity contribution >= 4 is 5.97 Å². The average Bonchev–Trinajstić information content (AvgIpc) is 2.75. The van der Waals surface area contributed by atoms with Gasteiger partial charge in [0, 0.05) is 12.7 Å². The second-order valence-corrected chi connectivity index (χ2v) is 3.64. The lowest BCUT2D eigenvalue weighted by Gasteiger charge is -2.04. The predicted molar refractivity (Wildman–Crippen MR) is 60.8 cm³/mol. The summed E-state index contributed by atoms with van der Waals surface area (Å²) in [6.07, 6.45) is 1.56. The van der Waals surface area contributed by atoms with E-state index >= 15 is 0 Å².